The molecule has 1 saturated carbocycles. The van der Waals surface area contributed by atoms with E-state index in [1.165, 1.54) is 0 Å². The second-order valence-corrected chi connectivity index (χ2v) is 3.86. The van der Waals surface area contributed by atoms with Crippen LogP contribution in [0.2, 0.25) is 0 Å². The molecule has 12 heavy (non-hydrogen) atoms. The third kappa shape index (κ3) is 1.07. The first kappa shape index (κ1) is 10.2. The molecule has 1 aliphatic carbocycles. The summed E-state index contributed by atoms with van der Waals surface area (Å²) in [7, 11) is 0. The monoisotopic (exact) mass is 195 g/mol. The van der Waals surface area contributed by atoms with Crippen molar-refractivity contribution in [1.29, 1.82) is 0 Å². The maximum absolute atomic E-state index is 13.9. The lowest BCUT2D eigenvalue weighted by Gasteiger charge is -2.30. The van der Waals surface area contributed by atoms with Crippen LogP contribution >= 0.6 is 12.4 Å². The average Bonchev–Trinajstić information content (AvgIpc) is 2.41. The molecule has 2 atom stereocenters. The first-order valence-electron chi connectivity index (χ1n) is 4.23. The van der Waals surface area contributed by atoms with Crippen molar-refractivity contribution in [3.8, 4) is 0 Å². The molecule has 0 aromatic carbocycles. The lowest BCUT2D eigenvalue weighted by Crippen LogP contribution is -2.41. The number of nitrogens with one attached hydrogen (secondary N) is 1. The zero-order valence-electron chi connectivity index (χ0n) is 6.98. The van der Waals surface area contributed by atoms with E-state index in [0.717, 1.165) is 12.8 Å². The van der Waals surface area contributed by atoms with Gasteiger partial charge in [0.05, 0.1) is 6.61 Å². The van der Waals surface area contributed by atoms with Gasteiger partial charge in [-0.05, 0) is 19.3 Å². The summed E-state index contributed by atoms with van der Waals surface area (Å²) in [4.78, 5) is 0. The number of halogens is 2. The molecule has 0 radical (unpaired) electrons. The maximum atomic E-state index is 13.9. The number of fused-ring (bicyclic) bond motifs is 1. The molecule has 2 N–H and O–H groups in total. The zero-order chi connectivity index (χ0) is 7.95. The quantitative estimate of drug-likeness (QED) is 0.651. The van der Waals surface area contributed by atoms with Gasteiger partial charge in [-0.1, -0.05) is 0 Å². The highest BCUT2D eigenvalue weighted by atomic mass is 35.5. The number of rotatable bonds is 1. The van der Waals surface area contributed by atoms with Crippen molar-refractivity contribution < 1.29 is 9.50 Å². The number of hydrogen-bond donors (Lipinski definition) is 2. The van der Waals surface area contributed by atoms with E-state index in [0.29, 0.717) is 19.5 Å². The van der Waals surface area contributed by atoms with Crippen LogP contribution < -0.4 is 5.32 Å². The van der Waals surface area contributed by atoms with Crippen molar-refractivity contribution in [2.24, 2.45) is 5.41 Å². The second-order valence-electron chi connectivity index (χ2n) is 3.86. The molecule has 1 saturated heterocycles. The van der Waals surface area contributed by atoms with Crippen LogP contribution in [0.5, 0.6) is 0 Å². The van der Waals surface area contributed by atoms with Crippen LogP contribution in [-0.4, -0.2) is 30.5 Å². The summed E-state index contributed by atoms with van der Waals surface area (Å²) < 4.78 is 13.9. The smallest absolute Gasteiger partial charge is 0.132 e. The van der Waals surface area contributed by atoms with Gasteiger partial charge < -0.3 is 10.4 Å². The predicted octanol–water partition coefficient (Wildman–Crippen LogP) is 0.882. The minimum Gasteiger partial charge on any atom is -0.396 e. The van der Waals surface area contributed by atoms with E-state index < -0.39 is 11.1 Å². The Morgan fingerprint density at radius 3 is 2.67 bits per heavy atom. The van der Waals surface area contributed by atoms with Crippen LogP contribution in [-0.2, 0) is 0 Å². The molecule has 0 spiro atoms. The van der Waals surface area contributed by atoms with Gasteiger partial charge in [0, 0.05) is 18.5 Å². The van der Waals surface area contributed by atoms with Crippen LogP contribution in [0.3, 0.4) is 0 Å². The molecule has 4 heteroatoms. The van der Waals surface area contributed by atoms with Crippen molar-refractivity contribution >= 4 is 12.4 Å². The lowest BCUT2D eigenvalue weighted by molar-refractivity contribution is 0.0203. The van der Waals surface area contributed by atoms with Crippen LogP contribution in [0.25, 0.3) is 0 Å². The van der Waals surface area contributed by atoms with E-state index in [4.69, 9.17) is 5.11 Å². The van der Waals surface area contributed by atoms with Crippen molar-refractivity contribution in [3.63, 3.8) is 0 Å². The van der Waals surface area contributed by atoms with Gasteiger partial charge in [-0.25, -0.2) is 4.39 Å². The fourth-order valence-corrected chi connectivity index (χ4v) is 2.50. The van der Waals surface area contributed by atoms with Crippen molar-refractivity contribution in [2.45, 2.75) is 24.9 Å². The minimum atomic E-state index is -1.11. The van der Waals surface area contributed by atoms with Gasteiger partial charge in [0.2, 0.25) is 0 Å². The lowest BCUT2D eigenvalue weighted by atomic mass is 9.79. The van der Waals surface area contributed by atoms with E-state index in [1.54, 1.807) is 0 Å². The molecule has 72 valence electrons. The Morgan fingerprint density at radius 1 is 1.33 bits per heavy atom. The molecule has 2 nitrogen and oxygen atoms in total. The van der Waals surface area contributed by atoms with Crippen LogP contribution in [0.4, 0.5) is 4.39 Å². The standard InChI is InChI=1S/C8H14FNO.ClH/c9-8-3-1-2-7(8,6-11)4-10-5-8;/h10-11H,1-6H2;1H/t7-,8-;/m1./s1. The van der Waals surface area contributed by atoms with Gasteiger partial charge in [-0.2, -0.15) is 0 Å². The van der Waals surface area contributed by atoms with E-state index in [-0.39, 0.29) is 19.0 Å². The number of aliphatic hydroxyl groups excluding tert-OH is 1. The van der Waals surface area contributed by atoms with Crippen LogP contribution in [0, 0.1) is 5.41 Å². The van der Waals surface area contributed by atoms with Crippen LogP contribution in [0.1, 0.15) is 19.3 Å². The Balaban J connectivity index is 0.000000720. The zero-order valence-corrected chi connectivity index (χ0v) is 7.79. The van der Waals surface area contributed by atoms with E-state index in [2.05, 4.69) is 5.32 Å². The van der Waals surface area contributed by atoms with Gasteiger partial charge in [0.15, 0.2) is 0 Å². The Morgan fingerprint density at radius 2 is 2.08 bits per heavy atom. The molecule has 1 aliphatic heterocycles. The summed E-state index contributed by atoms with van der Waals surface area (Å²) in [6.45, 7) is 1.09. The Kier molecular flexibility index (Phi) is 2.66. The third-order valence-electron chi connectivity index (χ3n) is 3.35. The maximum Gasteiger partial charge on any atom is 0.132 e. The van der Waals surface area contributed by atoms with Gasteiger partial charge in [-0.3, -0.25) is 0 Å². The van der Waals surface area contributed by atoms with Gasteiger partial charge >= 0.3 is 0 Å². The van der Waals surface area contributed by atoms with Crippen LogP contribution in [0.15, 0.2) is 0 Å². The first-order chi connectivity index (χ1) is 5.22. The number of aliphatic hydroxyl groups is 1. The topological polar surface area (TPSA) is 32.3 Å². The fourth-order valence-electron chi connectivity index (χ4n) is 2.50. The van der Waals surface area contributed by atoms with Crippen molar-refractivity contribution in [1.82, 2.24) is 5.32 Å². The Labute approximate surface area is 77.9 Å². The highest BCUT2D eigenvalue weighted by Crippen LogP contribution is 2.50. The Bertz CT molecular complexity index is 166. The van der Waals surface area contributed by atoms with Gasteiger partial charge in [-0.15, -0.1) is 12.4 Å². The van der Waals surface area contributed by atoms with E-state index in [1.807, 2.05) is 0 Å². The summed E-state index contributed by atoms with van der Waals surface area (Å²) >= 11 is 0. The predicted molar refractivity (Wildman–Crippen MR) is 47.3 cm³/mol. The molecule has 2 fully saturated rings. The highest BCUT2D eigenvalue weighted by molar-refractivity contribution is 5.85. The first-order valence-corrected chi connectivity index (χ1v) is 4.23. The number of hydrogen-bond acceptors (Lipinski definition) is 2. The summed E-state index contributed by atoms with van der Waals surface area (Å²) in [6, 6.07) is 0. The molecular weight excluding hydrogens is 181 g/mol. The highest BCUT2D eigenvalue weighted by Gasteiger charge is 2.58. The average molecular weight is 196 g/mol. The minimum absolute atomic E-state index is 0. The fraction of sp³-hybridized carbons (Fsp3) is 1.00. The van der Waals surface area contributed by atoms with E-state index in [9.17, 15) is 4.39 Å². The molecule has 0 aromatic rings. The second kappa shape index (κ2) is 3.13. The molecule has 0 bridgehead atoms. The third-order valence-corrected chi connectivity index (χ3v) is 3.35. The summed E-state index contributed by atoms with van der Waals surface area (Å²) in [5, 5.41) is 12.1. The SMILES string of the molecule is Cl.OC[C@]12CCC[C@@]1(F)CNC2. The molecule has 0 amide bonds. The van der Waals surface area contributed by atoms with Crippen molar-refractivity contribution in [2.75, 3.05) is 19.7 Å². The van der Waals surface area contributed by atoms with Gasteiger partial charge in [0.25, 0.3) is 0 Å². The molecule has 1 heterocycles. The molecule has 2 aliphatic rings. The molecular formula is C8H15ClFNO. The molecule has 0 unspecified atom stereocenters. The van der Waals surface area contributed by atoms with E-state index >= 15 is 0 Å². The summed E-state index contributed by atoms with van der Waals surface area (Å²) in [5.74, 6) is 0. The summed E-state index contributed by atoms with van der Waals surface area (Å²) in [5.41, 5.74) is -1.55. The largest absolute Gasteiger partial charge is 0.396 e. The Hall–Kier alpha value is 0.140. The molecule has 0 aromatic heterocycles. The molecule has 2 rings (SSSR count). The summed E-state index contributed by atoms with van der Waals surface area (Å²) in [6.07, 6.45) is 2.40. The number of alkyl halides is 1. The van der Waals surface area contributed by atoms with Gasteiger partial charge in [0.1, 0.15) is 5.67 Å². The van der Waals surface area contributed by atoms with Crippen molar-refractivity contribution in [3.05, 3.63) is 0 Å². The normalized spacial score (nSPS) is 45.5.